The first-order valence-electron chi connectivity index (χ1n) is 13.3. The molecule has 2 atom stereocenters. The van der Waals surface area contributed by atoms with Crippen molar-refractivity contribution in [3.8, 4) is 0 Å². The Bertz CT molecular complexity index is 1460. The summed E-state index contributed by atoms with van der Waals surface area (Å²) in [5.74, 6) is -0.789. The van der Waals surface area contributed by atoms with E-state index in [-0.39, 0.29) is 34.4 Å². The fourth-order valence-corrected chi connectivity index (χ4v) is 6.88. The second-order valence-electron chi connectivity index (χ2n) is 10.2. The molecule has 1 aromatic carbocycles. The van der Waals surface area contributed by atoms with Gasteiger partial charge in [-0.2, -0.15) is 0 Å². The number of hydrogen-bond donors (Lipinski definition) is 1. The Labute approximate surface area is 256 Å². The van der Waals surface area contributed by atoms with Crippen LogP contribution in [0.4, 0.5) is 5.69 Å². The molecular formula is C30H27BrCl2N4O4. The summed E-state index contributed by atoms with van der Waals surface area (Å²) in [6.45, 7) is 0.0929. The summed E-state index contributed by atoms with van der Waals surface area (Å²) in [7, 11) is 0. The fraction of sp³-hybridized carbons (Fsp3) is 0.333. The molecule has 3 aromatic rings. The average Bonchev–Trinajstić information content (AvgIpc) is 2.99. The van der Waals surface area contributed by atoms with Crippen LogP contribution in [0.5, 0.6) is 0 Å². The first-order chi connectivity index (χ1) is 19.8. The second-order valence-corrected chi connectivity index (χ2v) is 11.9. The number of nitrogens with one attached hydrogen (secondary N) is 1. The van der Waals surface area contributed by atoms with Crippen molar-refractivity contribution in [1.82, 2.24) is 9.97 Å². The van der Waals surface area contributed by atoms with Crippen molar-refractivity contribution in [1.29, 1.82) is 0 Å². The molecule has 2 aromatic heterocycles. The third-order valence-corrected chi connectivity index (χ3v) is 8.98. The second kappa shape index (κ2) is 12.8. The maximum Gasteiger partial charge on any atom is 0.331 e. The van der Waals surface area contributed by atoms with E-state index in [0.29, 0.717) is 5.69 Å². The van der Waals surface area contributed by atoms with Gasteiger partial charge in [-0.15, -0.1) is 0 Å². The summed E-state index contributed by atoms with van der Waals surface area (Å²) in [4.78, 5) is 51.3. The molecule has 8 nitrogen and oxygen atoms in total. The van der Waals surface area contributed by atoms with Crippen molar-refractivity contribution in [3.63, 3.8) is 0 Å². The fourth-order valence-electron chi connectivity index (χ4n) is 5.35. The van der Waals surface area contributed by atoms with Gasteiger partial charge in [-0.1, -0.05) is 70.5 Å². The maximum absolute atomic E-state index is 13.4. The number of aliphatic imine (C=N–C) groups is 1. The van der Waals surface area contributed by atoms with E-state index in [2.05, 4.69) is 31.2 Å². The number of Topliss-reactive ketones (excluding diaryl/α,β-unsaturated/α-hetero) is 1. The zero-order valence-electron chi connectivity index (χ0n) is 22.0. The van der Waals surface area contributed by atoms with Crippen LogP contribution in [0, 0.1) is 5.41 Å². The average molecular weight is 658 g/mol. The highest BCUT2D eigenvalue weighted by Crippen LogP contribution is 2.49. The zero-order chi connectivity index (χ0) is 29.0. The quantitative estimate of drug-likeness (QED) is 0.221. The van der Waals surface area contributed by atoms with E-state index in [0.717, 1.165) is 48.9 Å². The van der Waals surface area contributed by atoms with Crippen LogP contribution in [0.2, 0.25) is 10.0 Å². The van der Waals surface area contributed by atoms with Gasteiger partial charge in [0.05, 0.1) is 21.0 Å². The van der Waals surface area contributed by atoms with Crippen LogP contribution in [0.15, 0.2) is 66.2 Å². The van der Waals surface area contributed by atoms with E-state index in [1.165, 1.54) is 12.4 Å². The number of anilines is 1. The zero-order valence-corrected chi connectivity index (χ0v) is 25.1. The van der Waals surface area contributed by atoms with Gasteiger partial charge in [-0.3, -0.25) is 24.5 Å². The molecular weight excluding hydrogens is 631 g/mol. The lowest BCUT2D eigenvalue weighted by molar-refractivity contribution is -0.146. The highest BCUT2D eigenvalue weighted by Gasteiger charge is 2.58. The number of amides is 1. The Morgan fingerprint density at radius 1 is 1.00 bits per heavy atom. The van der Waals surface area contributed by atoms with Crippen molar-refractivity contribution in [2.45, 2.75) is 56.0 Å². The number of hydrogen-bond acceptors (Lipinski definition) is 7. The van der Waals surface area contributed by atoms with Gasteiger partial charge in [0.25, 0.3) is 5.91 Å². The summed E-state index contributed by atoms with van der Waals surface area (Å²) in [6.07, 6.45) is 10.8. The molecule has 2 heterocycles. The Balaban J connectivity index is 1.35. The molecule has 41 heavy (non-hydrogen) atoms. The minimum atomic E-state index is -0.839. The molecule has 0 aliphatic heterocycles. The highest BCUT2D eigenvalue weighted by atomic mass is 79.9. The Hall–Kier alpha value is -3.14. The van der Waals surface area contributed by atoms with Crippen LogP contribution in [0.3, 0.4) is 0 Å². The predicted octanol–water partition coefficient (Wildman–Crippen LogP) is 6.43. The lowest BCUT2D eigenvalue weighted by atomic mass is 9.58. The number of halogens is 3. The first-order valence-corrected chi connectivity index (χ1v) is 15.0. The molecule has 212 valence electrons. The van der Waals surface area contributed by atoms with E-state index in [9.17, 15) is 14.4 Å². The summed E-state index contributed by atoms with van der Waals surface area (Å²) in [6, 6.07) is 9.80. The van der Waals surface area contributed by atoms with Crippen LogP contribution in [0.25, 0.3) is 0 Å². The molecule has 2 fully saturated rings. The molecule has 11 heteroatoms. The van der Waals surface area contributed by atoms with E-state index in [1.807, 2.05) is 12.1 Å². The molecule has 2 unspecified atom stereocenters. The van der Waals surface area contributed by atoms with Crippen LogP contribution in [-0.4, -0.2) is 44.2 Å². The largest absolute Gasteiger partial charge is 0.459 e. The molecule has 0 saturated heterocycles. The number of pyridine rings is 2. The molecule has 0 radical (unpaired) electrons. The third kappa shape index (κ3) is 6.37. The third-order valence-electron chi connectivity index (χ3n) is 7.56. The van der Waals surface area contributed by atoms with E-state index in [1.54, 1.807) is 36.7 Å². The number of rotatable bonds is 8. The van der Waals surface area contributed by atoms with E-state index < -0.39 is 28.2 Å². The van der Waals surface area contributed by atoms with Crippen molar-refractivity contribution < 1.29 is 19.1 Å². The molecule has 5 rings (SSSR count). The van der Waals surface area contributed by atoms with E-state index in [4.69, 9.17) is 32.9 Å². The van der Waals surface area contributed by atoms with Gasteiger partial charge in [0.15, 0.2) is 11.8 Å². The number of carbonyl (C=O) groups is 3. The molecule has 1 N–H and O–H groups in total. The van der Waals surface area contributed by atoms with Crippen LogP contribution >= 0.6 is 39.1 Å². The summed E-state index contributed by atoms with van der Waals surface area (Å²) >= 11 is 15.7. The Morgan fingerprint density at radius 3 is 2.32 bits per heavy atom. The molecule has 2 saturated carbocycles. The topological polar surface area (TPSA) is 111 Å². The standard InChI is InChI=1S/C30H27BrCl2N4O4/c31-25-26(30(27(25)38)10-2-1-3-11-30)37-23(29(40)41-17-19-8-12-34-13-9-19)14-18-4-6-20(7-5-18)36-28(39)24-21(32)15-35-16-22(24)33/h4-9,12-13,15-16,23,25H,1-3,10-11,14,17H2,(H,36,39). The number of ether oxygens (including phenoxy) is 1. The number of ketones is 1. The first kappa shape index (κ1) is 29.4. The van der Waals surface area contributed by atoms with Gasteiger partial charge in [0.2, 0.25) is 0 Å². The van der Waals surface area contributed by atoms with Gasteiger partial charge >= 0.3 is 5.97 Å². The van der Waals surface area contributed by atoms with Crippen molar-refractivity contribution in [2.75, 3.05) is 5.32 Å². The van der Waals surface area contributed by atoms with Crippen LogP contribution in [0.1, 0.15) is 53.6 Å². The van der Waals surface area contributed by atoms with Gasteiger partial charge in [0.1, 0.15) is 11.4 Å². The molecule has 1 spiro atoms. The number of esters is 1. The van der Waals surface area contributed by atoms with E-state index >= 15 is 0 Å². The summed E-state index contributed by atoms with van der Waals surface area (Å²) in [5, 5.41) is 3.07. The van der Waals surface area contributed by atoms with Crippen molar-refractivity contribution >= 4 is 68.2 Å². The number of benzene rings is 1. The minimum Gasteiger partial charge on any atom is -0.459 e. The van der Waals surface area contributed by atoms with Crippen LogP contribution in [-0.2, 0) is 27.4 Å². The molecule has 2 aliphatic carbocycles. The minimum absolute atomic E-state index is 0.0929. The van der Waals surface area contributed by atoms with Crippen LogP contribution < -0.4 is 5.32 Å². The normalized spacial score (nSPS) is 19.4. The van der Waals surface area contributed by atoms with Gasteiger partial charge in [0, 0.05) is 42.6 Å². The van der Waals surface area contributed by atoms with Crippen molar-refractivity contribution in [3.05, 3.63) is 87.9 Å². The predicted molar refractivity (Wildman–Crippen MR) is 161 cm³/mol. The van der Waals surface area contributed by atoms with Gasteiger partial charge < -0.3 is 10.1 Å². The smallest absolute Gasteiger partial charge is 0.331 e. The number of alkyl halides is 1. The lowest BCUT2D eigenvalue weighted by Crippen LogP contribution is -2.61. The Morgan fingerprint density at radius 2 is 1.66 bits per heavy atom. The number of carbonyl (C=O) groups excluding carboxylic acids is 3. The molecule has 1 amide bonds. The maximum atomic E-state index is 13.4. The number of aromatic nitrogens is 2. The highest BCUT2D eigenvalue weighted by molar-refractivity contribution is 9.10. The number of nitrogens with zero attached hydrogens (tertiary/aromatic N) is 3. The van der Waals surface area contributed by atoms with Crippen molar-refractivity contribution in [2.24, 2.45) is 10.4 Å². The summed E-state index contributed by atoms with van der Waals surface area (Å²) < 4.78 is 5.66. The SMILES string of the molecule is O=C(Nc1ccc(CC(N=C2C(Br)C(=O)C23CCCCC3)C(=O)OCc2ccncc2)cc1)c1c(Cl)cncc1Cl. The lowest BCUT2D eigenvalue weighted by Gasteiger charge is -2.48. The monoisotopic (exact) mass is 656 g/mol. The van der Waals surface area contributed by atoms with Gasteiger partial charge in [-0.05, 0) is 48.2 Å². The summed E-state index contributed by atoms with van der Waals surface area (Å²) in [5.41, 5.74) is 2.44. The Kier molecular flexibility index (Phi) is 9.16. The van der Waals surface area contributed by atoms with Gasteiger partial charge in [-0.25, -0.2) is 4.79 Å². The molecule has 0 bridgehead atoms. The molecule has 2 aliphatic rings.